The van der Waals surface area contributed by atoms with Gasteiger partial charge in [0.05, 0.1) is 21.2 Å². The van der Waals surface area contributed by atoms with Gasteiger partial charge in [-0.05, 0) is 56.2 Å². The third kappa shape index (κ3) is 2.60. The van der Waals surface area contributed by atoms with Gasteiger partial charge in [0.1, 0.15) is 5.58 Å². The van der Waals surface area contributed by atoms with Gasteiger partial charge in [-0.2, -0.15) is 0 Å². The maximum Gasteiger partial charge on any atom is 0.297 e. The van der Waals surface area contributed by atoms with Gasteiger partial charge in [-0.1, -0.05) is 47.2 Å². The molecule has 5 aromatic rings. The van der Waals surface area contributed by atoms with E-state index >= 15 is 0 Å². The number of aromatic nitrogens is 1. The Morgan fingerprint density at radius 1 is 0.946 bits per heavy atom. The van der Waals surface area contributed by atoms with Gasteiger partial charge < -0.3 is 9.32 Å². The molecule has 0 aliphatic carbocycles. The average Bonchev–Trinajstić information content (AvgIpc) is 3.47. The predicted molar refractivity (Wildman–Crippen MR) is 144 cm³/mol. The zero-order chi connectivity index (χ0) is 25.8. The highest BCUT2D eigenvalue weighted by Crippen LogP contribution is 2.54. The lowest BCUT2D eigenvalue weighted by molar-refractivity contribution is -0.121. The Morgan fingerprint density at radius 2 is 1.73 bits per heavy atom. The van der Waals surface area contributed by atoms with Crippen molar-refractivity contribution in [1.82, 2.24) is 4.98 Å². The van der Waals surface area contributed by atoms with E-state index in [1.165, 1.54) is 21.1 Å². The third-order valence-electron chi connectivity index (χ3n) is 7.42. The van der Waals surface area contributed by atoms with Crippen LogP contribution in [0, 0.1) is 20.8 Å². The number of rotatable bonds is 1. The van der Waals surface area contributed by atoms with Crippen molar-refractivity contribution in [3.8, 4) is 0 Å². The van der Waals surface area contributed by atoms with Crippen molar-refractivity contribution in [3.63, 3.8) is 0 Å². The third-order valence-corrected chi connectivity index (χ3v) is 8.41. The molecule has 0 fully saturated rings. The molecule has 0 radical (unpaired) electrons. The monoisotopic (exact) mass is 507 g/mol. The molecule has 37 heavy (non-hydrogen) atoms. The zero-order valence-electron chi connectivity index (χ0n) is 20.6. The van der Waals surface area contributed by atoms with Crippen LogP contribution in [0.4, 0.5) is 10.8 Å². The fraction of sp³-hybridized carbons (Fsp3) is 0.172. The number of thiazole rings is 1. The van der Waals surface area contributed by atoms with Crippen LogP contribution in [0.5, 0.6) is 0 Å². The van der Waals surface area contributed by atoms with Crippen LogP contribution in [0.2, 0.25) is 0 Å². The Labute approximate surface area is 215 Å². The number of aryl methyl sites for hydroxylation is 3. The van der Waals surface area contributed by atoms with Gasteiger partial charge in [0, 0.05) is 18.3 Å². The number of fused-ring (bicyclic) bond motifs is 6. The molecule has 0 bridgehead atoms. The van der Waals surface area contributed by atoms with Crippen LogP contribution in [0.3, 0.4) is 0 Å². The summed E-state index contributed by atoms with van der Waals surface area (Å²) in [6.45, 7) is 5.86. The van der Waals surface area contributed by atoms with E-state index in [0.717, 1.165) is 26.9 Å². The Morgan fingerprint density at radius 3 is 2.54 bits per heavy atom. The normalized spacial score (nSPS) is 18.5. The number of benzene rings is 3. The van der Waals surface area contributed by atoms with Crippen molar-refractivity contribution in [2.24, 2.45) is 0 Å². The number of likely N-dealkylation sites (N-methyl/N-ethyl adjacent to an activating group) is 1. The van der Waals surface area contributed by atoms with Crippen LogP contribution < -0.4 is 15.2 Å². The van der Waals surface area contributed by atoms with Crippen LogP contribution in [-0.2, 0) is 10.3 Å². The molecule has 1 atom stereocenters. The number of carbonyl (C=O) groups excluding carboxylic acids is 2. The fourth-order valence-electron chi connectivity index (χ4n) is 5.84. The summed E-state index contributed by atoms with van der Waals surface area (Å²) in [4.78, 5) is 50.4. The summed E-state index contributed by atoms with van der Waals surface area (Å²) in [5, 5.41) is 0.682. The standard InChI is InChI=1S/C29H21N3O4S/c1-14-9-10-20-17(12-14)24(33)22-25(36-20)26(34)32(28-30-23-16(3)11-15(2)13-21(23)37-28)29(22)18-7-5-6-8-19(18)31(4)27(29)35/h5-13H,1-4H3. The molecule has 2 amide bonds. The lowest BCUT2D eigenvalue weighted by atomic mass is 9.84. The molecule has 182 valence electrons. The topological polar surface area (TPSA) is 83.7 Å². The van der Waals surface area contributed by atoms with E-state index < -0.39 is 17.4 Å². The average molecular weight is 508 g/mol. The first-order valence-corrected chi connectivity index (χ1v) is 12.7. The molecule has 8 heteroatoms. The Hall–Kier alpha value is -4.30. The van der Waals surface area contributed by atoms with Gasteiger partial charge in [-0.25, -0.2) is 4.98 Å². The minimum atomic E-state index is -1.72. The summed E-state index contributed by atoms with van der Waals surface area (Å²) in [5.74, 6) is -1.07. The summed E-state index contributed by atoms with van der Waals surface area (Å²) in [5.41, 5.74) is 3.13. The first-order valence-electron chi connectivity index (χ1n) is 11.9. The smallest absolute Gasteiger partial charge is 0.297 e. The number of carbonyl (C=O) groups is 2. The molecule has 1 unspecified atom stereocenters. The molecule has 2 aromatic heterocycles. The van der Waals surface area contributed by atoms with Gasteiger partial charge >= 0.3 is 0 Å². The SMILES string of the molecule is Cc1cc(C)c2nc(N3C(=O)c4oc5ccc(C)cc5c(=O)c4C34C(=O)N(C)c3ccccc34)sc2c1. The molecular formula is C29H21N3O4S. The molecular weight excluding hydrogens is 486 g/mol. The molecule has 2 aliphatic heterocycles. The second kappa shape index (κ2) is 7.14. The molecule has 4 heterocycles. The van der Waals surface area contributed by atoms with Crippen LogP contribution in [-0.4, -0.2) is 23.8 Å². The first-order chi connectivity index (χ1) is 17.7. The highest BCUT2D eigenvalue weighted by molar-refractivity contribution is 7.22. The lowest BCUT2D eigenvalue weighted by Crippen LogP contribution is -2.53. The highest BCUT2D eigenvalue weighted by atomic mass is 32.1. The summed E-state index contributed by atoms with van der Waals surface area (Å²) < 4.78 is 7.02. The number of para-hydroxylation sites is 1. The molecule has 0 N–H and O–H groups in total. The quantitative estimate of drug-likeness (QED) is 0.311. The van der Waals surface area contributed by atoms with Gasteiger partial charge in [0.25, 0.3) is 11.8 Å². The summed E-state index contributed by atoms with van der Waals surface area (Å²) >= 11 is 1.33. The van der Waals surface area contributed by atoms with Crippen molar-refractivity contribution in [2.45, 2.75) is 26.3 Å². The van der Waals surface area contributed by atoms with Crippen molar-refractivity contribution in [2.75, 3.05) is 16.8 Å². The molecule has 7 rings (SSSR count). The Balaban J connectivity index is 1.64. The van der Waals surface area contributed by atoms with E-state index in [4.69, 9.17) is 9.40 Å². The Kier molecular flexibility index (Phi) is 4.23. The minimum Gasteiger partial charge on any atom is -0.450 e. The highest BCUT2D eigenvalue weighted by Gasteiger charge is 2.65. The number of anilines is 2. The van der Waals surface area contributed by atoms with Crippen LogP contribution >= 0.6 is 11.3 Å². The van der Waals surface area contributed by atoms with Crippen molar-refractivity contribution in [1.29, 1.82) is 0 Å². The van der Waals surface area contributed by atoms with Gasteiger partial charge in [0.2, 0.25) is 5.76 Å². The van der Waals surface area contributed by atoms with Crippen LogP contribution in [0.25, 0.3) is 21.2 Å². The number of hydrogen-bond acceptors (Lipinski definition) is 6. The number of nitrogens with zero attached hydrogens (tertiary/aromatic N) is 3. The van der Waals surface area contributed by atoms with Crippen molar-refractivity contribution < 1.29 is 14.0 Å². The van der Waals surface area contributed by atoms with Gasteiger partial charge in [0.15, 0.2) is 16.1 Å². The van der Waals surface area contributed by atoms with E-state index in [-0.39, 0.29) is 16.8 Å². The Bertz CT molecular complexity index is 1920. The molecule has 7 nitrogen and oxygen atoms in total. The molecule has 2 aliphatic rings. The van der Waals surface area contributed by atoms with Gasteiger partial charge in [-0.15, -0.1) is 0 Å². The molecule has 0 saturated heterocycles. The zero-order valence-corrected chi connectivity index (χ0v) is 21.4. The van der Waals surface area contributed by atoms with Crippen LogP contribution in [0.15, 0.2) is 63.8 Å². The fourth-order valence-corrected chi connectivity index (χ4v) is 7.03. The molecule has 0 saturated carbocycles. The maximum absolute atomic E-state index is 14.3. The largest absolute Gasteiger partial charge is 0.450 e. The van der Waals surface area contributed by atoms with Crippen molar-refractivity contribution >= 4 is 55.2 Å². The van der Waals surface area contributed by atoms with Crippen LogP contribution in [0.1, 0.15) is 38.4 Å². The lowest BCUT2D eigenvalue weighted by Gasteiger charge is -2.31. The van der Waals surface area contributed by atoms with Crippen molar-refractivity contribution in [3.05, 3.63) is 98.4 Å². The van der Waals surface area contributed by atoms with E-state index in [2.05, 4.69) is 0 Å². The van der Waals surface area contributed by atoms with E-state index in [9.17, 15) is 14.4 Å². The number of amides is 2. The van der Waals surface area contributed by atoms with E-state index in [1.54, 1.807) is 25.2 Å². The summed E-state index contributed by atoms with van der Waals surface area (Å²) in [6, 6.07) is 16.6. The molecule has 3 aromatic carbocycles. The number of hydrogen-bond donors (Lipinski definition) is 0. The second-order valence-electron chi connectivity index (χ2n) is 9.79. The second-order valence-corrected chi connectivity index (χ2v) is 10.8. The van der Waals surface area contributed by atoms with E-state index in [1.807, 2.05) is 57.2 Å². The minimum absolute atomic E-state index is 0.0459. The summed E-state index contributed by atoms with van der Waals surface area (Å²) in [6.07, 6.45) is 0. The first kappa shape index (κ1) is 21.9. The summed E-state index contributed by atoms with van der Waals surface area (Å²) in [7, 11) is 1.66. The van der Waals surface area contributed by atoms with E-state index in [0.29, 0.717) is 27.4 Å². The molecule has 1 spiro atoms. The predicted octanol–water partition coefficient (Wildman–Crippen LogP) is 5.21. The van der Waals surface area contributed by atoms with Gasteiger partial charge in [-0.3, -0.25) is 19.3 Å². The maximum atomic E-state index is 14.3.